The lowest BCUT2D eigenvalue weighted by Gasteiger charge is -2.20. The lowest BCUT2D eigenvalue weighted by Crippen LogP contribution is -2.20. The summed E-state index contributed by atoms with van der Waals surface area (Å²) in [7, 11) is 0. The molecule has 2 unspecified atom stereocenters. The van der Waals surface area contributed by atoms with Crippen LogP contribution >= 0.6 is 11.6 Å². The Hall–Kier alpha value is -0.530. The summed E-state index contributed by atoms with van der Waals surface area (Å²) in [6, 6.07) is 8.18. The first kappa shape index (κ1) is 12.9. The molecule has 0 radical (unpaired) electrons. The quantitative estimate of drug-likeness (QED) is 0.524. The molecule has 2 rings (SSSR count). The first-order valence-corrected chi connectivity index (χ1v) is 6.95. The normalized spacial score (nSPS) is 24.6. The number of hydrogen-bond acceptors (Lipinski definition) is 1. The number of epoxide rings is 1. The Labute approximate surface area is 109 Å². The van der Waals surface area contributed by atoms with E-state index in [1.54, 1.807) is 0 Å². The molecule has 1 saturated heterocycles. The standard InChI is InChI=1S/C15H21ClO/c1-3-4-5-10-15(11-17-15)12(2)13-6-8-14(16)9-7-13/h6-9,12H,3-5,10-11H2,1-2H3. The molecule has 0 aromatic heterocycles. The molecule has 0 saturated carbocycles. The molecule has 2 heteroatoms. The predicted octanol–water partition coefficient (Wildman–Crippen LogP) is 4.79. The largest absolute Gasteiger partial charge is 0.369 e. The smallest absolute Gasteiger partial charge is 0.0981 e. The number of rotatable bonds is 6. The van der Waals surface area contributed by atoms with Crippen LogP contribution < -0.4 is 0 Å². The van der Waals surface area contributed by atoms with Crippen molar-refractivity contribution in [3.05, 3.63) is 34.9 Å². The molecule has 1 heterocycles. The second kappa shape index (κ2) is 5.41. The van der Waals surface area contributed by atoms with E-state index in [4.69, 9.17) is 16.3 Å². The van der Waals surface area contributed by atoms with E-state index in [9.17, 15) is 0 Å². The summed E-state index contributed by atoms with van der Waals surface area (Å²) in [6.07, 6.45) is 5.03. The summed E-state index contributed by atoms with van der Waals surface area (Å²) in [4.78, 5) is 0. The molecule has 2 atom stereocenters. The third-order valence-corrected chi connectivity index (χ3v) is 4.13. The van der Waals surface area contributed by atoms with Gasteiger partial charge in [-0.1, -0.05) is 56.8 Å². The first-order chi connectivity index (χ1) is 8.18. The Balaban J connectivity index is 1.99. The molecule has 94 valence electrons. The van der Waals surface area contributed by atoms with Gasteiger partial charge in [0.25, 0.3) is 0 Å². The zero-order chi connectivity index (χ0) is 12.3. The number of unbranched alkanes of at least 4 members (excludes halogenated alkanes) is 2. The summed E-state index contributed by atoms with van der Waals surface area (Å²) >= 11 is 5.92. The molecule has 0 aliphatic carbocycles. The van der Waals surface area contributed by atoms with Crippen molar-refractivity contribution < 1.29 is 4.74 Å². The van der Waals surface area contributed by atoms with Crippen LogP contribution in [0.1, 0.15) is 51.0 Å². The van der Waals surface area contributed by atoms with E-state index < -0.39 is 0 Å². The van der Waals surface area contributed by atoms with E-state index in [0.717, 1.165) is 11.6 Å². The van der Waals surface area contributed by atoms with Gasteiger partial charge in [0.05, 0.1) is 12.2 Å². The Morgan fingerprint density at radius 3 is 2.47 bits per heavy atom. The summed E-state index contributed by atoms with van der Waals surface area (Å²) in [5.41, 5.74) is 1.45. The van der Waals surface area contributed by atoms with E-state index in [0.29, 0.717) is 5.92 Å². The SMILES string of the molecule is CCCCCC1(C(C)c2ccc(Cl)cc2)CO1. The van der Waals surface area contributed by atoms with Crippen molar-refractivity contribution in [1.82, 2.24) is 0 Å². The van der Waals surface area contributed by atoms with Gasteiger partial charge >= 0.3 is 0 Å². The van der Waals surface area contributed by atoms with Crippen LogP contribution in [0.3, 0.4) is 0 Å². The lowest BCUT2D eigenvalue weighted by molar-refractivity contribution is 0.250. The van der Waals surface area contributed by atoms with Crippen molar-refractivity contribution in [2.75, 3.05) is 6.61 Å². The molecule has 0 spiro atoms. The van der Waals surface area contributed by atoms with Crippen LogP contribution in [-0.4, -0.2) is 12.2 Å². The second-order valence-electron chi connectivity index (χ2n) is 5.08. The monoisotopic (exact) mass is 252 g/mol. The fourth-order valence-corrected chi connectivity index (χ4v) is 2.56. The third kappa shape index (κ3) is 3.02. The van der Waals surface area contributed by atoms with Crippen LogP contribution in [0.25, 0.3) is 0 Å². The van der Waals surface area contributed by atoms with Crippen LogP contribution in [0, 0.1) is 0 Å². The van der Waals surface area contributed by atoms with Crippen molar-refractivity contribution in [3.8, 4) is 0 Å². The lowest BCUT2D eigenvalue weighted by atomic mass is 9.84. The highest BCUT2D eigenvalue weighted by atomic mass is 35.5. The Kier molecular flexibility index (Phi) is 4.11. The van der Waals surface area contributed by atoms with Crippen LogP contribution in [0.2, 0.25) is 5.02 Å². The molecule has 1 nitrogen and oxygen atoms in total. The fraction of sp³-hybridized carbons (Fsp3) is 0.600. The van der Waals surface area contributed by atoms with Gasteiger partial charge in [-0.2, -0.15) is 0 Å². The van der Waals surface area contributed by atoms with Crippen molar-refractivity contribution in [1.29, 1.82) is 0 Å². The molecular weight excluding hydrogens is 232 g/mol. The molecule has 1 aliphatic rings. The van der Waals surface area contributed by atoms with Gasteiger partial charge < -0.3 is 4.74 Å². The molecule has 0 amide bonds. The van der Waals surface area contributed by atoms with Crippen LogP contribution in [0.15, 0.2) is 24.3 Å². The van der Waals surface area contributed by atoms with Gasteiger partial charge in [-0.3, -0.25) is 0 Å². The van der Waals surface area contributed by atoms with Gasteiger partial charge in [-0.25, -0.2) is 0 Å². The number of ether oxygens (including phenoxy) is 1. The van der Waals surface area contributed by atoms with Crippen LogP contribution in [0.5, 0.6) is 0 Å². The van der Waals surface area contributed by atoms with Crippen LogP contribution in [0.4, 0.5) is 0 Å². The molecular formula is C15H21ClO. The highest BCUT2D eigenvalue weighted by molar-refractivity contribution is 6.30. The Morgan fingerprint density at radius 2 is 1.94 bits per heavy atom. The molecule has 1 aliphatic heterocycles. The van der Waals surface area contributed by atoms with E-state index in [-0.39, 0.29) is 5.60 Å². The summed E-state index contributed by atoms with van der Waals surface area (Å²) in [6.45, 7) is 5.42. The zero-order valence-corrected chi connectivity index (χ0v) is 11.5. The molecule has 1 fully saturated rings. The zero-order valence-electron chi connectivity index (χ0n) is 10.7. The van der Waals surface area contributed by atoms with Gasteiger partial charge in [-0.15, -0.1) is 0 Å². The third-order valence-electron chi connectivity index (χ3n) is 3.88. The molecule has 0 bridgehead atoms. The van der Waals surface area contributed by atoms with E-state index in [1.165, 1.54) is 31.2 Å². The van der Waals surface area contributed by atoms with E-state index in [1.807, 2.05) is 12.1 Å². The maximum Gasteiger partial charge on any atom is 0.0981 e. The molecule has 17 heavy (non-hydrogen) atoms. The molecule has 1 aromatic carbocycles. The predicted molar refractivity (Wildman–Crippen MR) is 72.7 cm³/mol. The summed E-state index contributed by atoms with van der Waals surface area (Å²) in [5, 5.41) is 0.803. The fourth-order valence-electron chi connectivity index (χ4n) is 2.43. The minimum atomic E-state index is 0.114. The maximum absolute atomic E-state index is 5.92. The van der Waals surface area contributed by atoms with Gasteiger partial charge in [0.2, 0.25) is 0 Å². The van der Waals surface area contributed by atoms with Crippen molar-refractivity contribution >= 4 is 11.6 Å². The first-order valence-electron chi connectivity index (χ1n) is 6.57. The van der Waals surface area contributed by atoms with Crippen molar-refractivity contribution in [3.63, 3.8) is 0 Å². The average molecular weight is 253 g/mol. The molecule has 0 N–H and O–H groups in total. The van der Waals surface area contributed by atoms with Crippen LogP contribution in [-0.2, 0) is 4.74 Å². The van der Waals surface area contributed by atoms with Crippen molar-refractivity contribution in [2.45, 2.75) is 51.0 Å². The maximum atomic E-state index is 5.92. The minimum Gasteiger partial charge on any atom is -0.369 e. The molecule has 1 aromatic rings. The van der Waals surface area contributed by atoms with Gasteiger partial charge in [-0.05, 0) is 24.1 Å². The topological polar surface area (TPSA) is 12.5 Å². The van der Waals surface area contributed by atoms with Gasteiger partial charge in [0, 0.05) is 10.9 Å². The van der Waals surface area contributed by atoms with Crippen molar-refractivity contribution in [2.24, 2.45) is 0 Å². The average Bonchev–Trinajstić information content (AvgIpc) is 3.11. The summed E-state index contributed by atoms with van der Waals surface area (Å²) < 4.78 is 5.76. The Morgan fingerprint density at radius 1 is 1.29 bits per heavy atom. The number of halogens is 1. The second-order valence-corrected chi connectivity index (χ2v) is 5.52. The van der Waals surface area contributed by atoms with Gasteiger partial charge in [0.1, 0.15) is 0 Å². The van der Waals surface area contributed by atoms with E-state index in [2.05, 4.69) is 26.0 Å². The number of hydrogen-bond donors (Lipinski definition) is 0. The van der Waals surface area contributed by atoms with Gasteiger partial charge in [0.15, 0.2) is 0 Å². The summed E-state index contributed by atoms with van der Waals surface area (Å²) in [5.74, 6) is 0.469. The van der Waals surface area contributed by atoms with E-state index >= 15 is 0 Å². The highest BCUT2D eigenvalue weighted by Crippen LogP contribution is 2.45. The highest BCUT2D eigenvalue weighted by Gasteiger charge is 2.49. The Bertz CT molecular complexity index is 354. The number of benzene rings is 1. The minimum absolute atomic E-state index is 0.114.